The molecular weight excluding hydrogens is 456 g/mol. The number of nitrogens with zero attached hydrogens (tertiary/aromatic N) is 2. The van der Waals surface area contributed by atoms with Gasteiger partial charge in [-0.25, -0.2) is 0 Å². The van der Waals surface area contributed by atoms with E-state index in [1.807, 2.05) is 80.6 Å². The van der Waals surface area contributed by atoms with Gasteiger partial charge in [-0.15, -0.1) is 0 Å². The van der Waals surface area contributed by atoms with Crippen LogP contribution >= 0.6 is 11.8 Å². The van der Waals surface area contributed by atoms with Gasteiger partial charge >= 0.3 is 5.97 Å². The van der Waals surface area contributed by atoms with Crippen molar-refractivity contribution in [1.29, 1.82) is 10.5 Å². The smallest absolute Gasteiger partial charge is 0.311 e. The van der Waals surface area contributed by atoms with Gasteiger partial charge in [-0.05, 0) is 47.7 Å². The molecule has 0 unspecified atom stereocenters. The minimum Gasteiger partial charge on any atom is -0.457 e. The Bertz CT molecular complexity index is 1310. The summed E-state index contributed by atoms with van der Waals surface area (Å²) >= 11 is 1.37. The van der Waals surface area contributed by atoms with E-state index in [4.69, 9.17) is 9.47 Å². The molecule has 0 N–H and O–H groups in total. The summed E-state index contributed by atoms with van der Waals surface area (Å²) in [6.07, 6.45) is 0.788. The molecule has 3 atom stereocenters. The average molecular weight is 481 g/mol. The number of carbonyl (C=O) groups excluding carboxylic acids is 1. The van der Waals surface area contributed by atoms with Gasteiger partial charge in [0.15, 0.2) is 0 Å². The Morgan fingerprint density at radius 3 is 2.29 bits per heavy atom. The summed E-state index contributed by atoms with van der Waals surface area (Å²) in [5.41, 5.74) is 0.173. The number of carbonyl (C=O) groups is 1. The first-order valence-corrected chi connectivity index (χ1v) is 12.0. The number of allylic oxidation sites excluding steroid dienone is 2. The Morgan fingerprint density at radius 2 is 1.63 bits per heavy atom. The Balaban J connectivity index is 1.45. The molecule has 0 amide bonds. The molecule has 1 aliphatic carbocycles. The van der Waals surface area contributed by atoms with Crippen molar-refractivity contribution in [2.45, 2.75) is 24.8 Å². The van der Waals surface area contributed by atoms with Crippen LogP contribution in [-0.4, -0.2) is 5.97 Å². The van der Waals surface area contributed by atoms with Crippen LogP contribution in [0.2, 0.25) is 0 Å². The first kappa shape index (κ1) is 24.1. The van der Waals surface area contributed by atoms with Gasteiger partial charge in [-0.3, -0.25) is 4.79 Å². The Kier molecular flexibility index (Phi) is 7.25. The lowest BCUT2D eigenvalue weighted by molar-refractivity contribution is -0.149. The lowest BCUT2D eigenvalue weighted by Gasteiger charge is -2.13. The van der Waals surface area contributed by atoms with Crippen LogP contribution in [0.5, 0.6) is 11.5 Å². The molecular formula is C29H24N2O3S. The number of benzene rings is 3. The first-order chi connectivity index (χ1) is 16.9. The Hall–Kier alpha value is -4.00. The van der Waals surface area contributed by atoms with Crippen molar-refractivity contribution in [3.05, 3.63) is 101 Å². The van der Waals surface area contributed by atoms with E-state index in [9.17, 15) is 15.3 Å². The topological polar surface area (TPSA) is 83.1 Å². The van der Waals surface area contributed by atoms with Crippen LogP contribution in [0.4, 0.5) is 0 Å². The summed E-state index contributed by atoms with van der Waals surface area (Å²) in [4.78, 5) is 14.5. The number of para-hydroxylation sites is 1. The Morgan fingerprint density at radius 1 is 0.971 bits per heavy atom. The number of ether oxygens (including phenoxy) is 2. The second-order valence-electron chi connectivity index (χ2n) is 8.82. The standard InChI is InChI=1S/C29H24N2O3S/c1-29(2)25(17-24(18-30)35-23-14-7-4-8-15-23)27(29)28(32)34-26(19-31)20-10-9-13-22(16-20)33-21-11-5-3-6-12-21/h3-17,25-27H,1-2H3/b24-17-/t25-,26+,27-/m0/s1. The van der Waals surface area contributed by atoms with Crippen LogP contribution in [0, 0.1) is 39.9 Å². The molecule has 0 heterocycles. The molecule has 0 saturated heterocycles. The zero-order valence-corrected chi connectivity index (χ0v) is 20.2. The van der Waals surface area contributed by atoms with E-state index >= 15 is 0 Å². The maximum absolute atomic E-state index is 13.1. The van der Waals surface area contributed by atoms with E-state index in [0.29, 0.717) is 22.0 Å². The van der Waals surface area contributed by atoms with Crippen LogP contribution in [-0.2, 0) is 9.53 Å². The molecule has 1 aliphatic rings. The van der Waals surface area contributed by atoms with Crippen molar-refractivity contribution in [3.8, 4) is 23.6 Å². The predicted octanol–water partition coefficient (Wildman–Crippen LogP) is 7.06. The summed E-state index contributed by atoms with van der Waals surface area (Å²) in [5, 5.41) is 19.3. The molecule has 174 valence electrons. The van der Waals surface area contributed by atoms with E-state index in [0.717, 1.165) is 4.90 Å². The molecule has 0 aromatic heterocycles. The van der Waals surface area contributed by atoms with Gasteiger partial charge in [0.25, 0.3) is 0 Å². The van der Waals surface area contributed by atoms with E-state index in [-0.39, 0.29) is 11.3 Å². The maximum Gasteiger partial charge on any atom is 0.311 e. The highest BCUT2D eigenvalue weighted by Crippen LogP contribution is 2.60. The van der Waals surface area contributed by atoms with Crippen molar-refractivity contribution < 1.29 is 14.3 Å². The number of hydrogen-bond donors (Lipinski definition) is 0. The lowest BCUT2D eigenvalue weighted by atomic mass is 10.1. The number of nitriles is 2. The predicted molar refractivity (Wildman–Crippen MR) is 134 cm³/mol. The maximum atomic E-state index is 13.1. The SMILES string of the molecule is CC1(C)[C@H](C(=O)O[C@H](C#N)c2cccc(Oc3ccccc3)c2)[C@@H]1/C=C(/C#N)Sc1ccccc1. The third-order valence-electron chi connectivity index (χ3n) is 6.07. The number of hydrogen-bond acceptors (Lipinski definition) is 6. The van der Waals surface area contributed by atoms with Crippen LogP contribution < -0.4 is 4.74 Å². The van der Waals surface area contributed by atoms with Crippen molar-refractivity contribution in [1.82, 2.24) is 0 Å². The fourth-order valence-electron chi connectivity index (χ4n) is 4.04. The zero-order chi connectivity index (χ0) is 24.8. The van der Waals surface area contributed by atoms with Crippen molar-refractivity contribution >= 4 is 17.7 Å². The van der Waals surface area contributed by atoms with Crippen LogP contribution in [0.3, 0.4) is 0 Å². The van der Waals surface area contributed by atoms with Gasteiger partial charge in [-0.1, -0.05) is 80.2 Å². The second-order valence-corrected chi connectivity index (χ2v) is 9.93. The summed E-state index contributed by atoms with van der Waals surface area (Å²) < 4.78 is 11.5. The number of thioether (sulfide) groups is 1. The molecule has 0 aliphatic heterocycles. The summed E-state index contributed by atoms with van der Waals surface area (Å²) in [6, 6.07) is 30.2. The molecule has 0 bridgehead atoms. The molecule has 4 rings (SSSR count). The quantitative estimate of drug-likeness (QED) is 0.195. The molecule has 3 aromatic carbocycles. The normalized spacial score (nSPS) is 19.0. The second kappa shape index (κ2) is 10.5. The van der Waals surface area contributed by atoms with E-state index in [1.165, 1.54) is 11.8 Å². The average Bonchev–Trinajstić information content (AvgIpc) is 3.42. The molecule has 1 saturated carbocycles. The van der Waals surface area contributed by atoms with E-state index < -0.39 is 18.0 Å². The zero-order valence-electron chi connectivity index (χ0n) is 19.4. The minimum absolute atomic E-state index is 0.145. The van der Waals surface area contributed by atoms with E-state index in [1.54, 1.807) is 24.3 Å². The summed E-state index contributed by atoms with van der Waals surface area (Å²) in [7, 11) is 0. The van der Waals surface area contributed by atoms with Crippen LogP contribution in [0.25, 0.3) is 0 Å². The summed E-state index contributed by atoms with van der Waals surface area (Å²) in [6.45, 7) is 3.94. The molecule has 0 spiro atoms. The van der Waals surface area contributed by atoms with Gasteiger partial charge in [0.1, 0.15) is 23.6 Å². The fraction of sp³-hybridized carbons (Fsp3) is 0.207. The molecule has 6 heteroatoms. The van der Waals surface area contributed by atoms with Gasteiger partial charge < -0.3 is 9.47 Å². The minimum atomic E-state index is -1.06. The van der Waals surface area contributed by atoms with Crippen molar-refractivity contribution in [2.24, 2.45) is 17.3 Å². The van der Waals surface area contributed by atoms with Gasteiger partial charge in [0.2, 0.25) is 6.10 Å². The van der Waals surface area contributed by atoms with Gasteiger partial charge in [0.05, 0.1) is 10.8 Å². The van der Waals surface area contributed by atoms with Gasteiger partial charge in [-0.2, -0.15) is 10.5 Å². The summed E-state index contributed by atoms with van der Waals surface area (Å²) in [5.74, 6) is 0.203. The highest BCUT2D eigenvalue weighted by molar-refractivity contribution is 8.03. The largest absolute Gasteiger partial charge is 0.457 e. The third-order valence-corrected chi connectivity index (χ3v) is 7.02. The number of rotatable bonds is 8. The van der Waals surface area contributed by atoms with E-state index in [2.05, 4.69) is 12.1 Å². The molecule has 1 fully saturated rings. The highest BCUT2D eigenvalue weighted by Gasteiger charge is 2.62. The lowest BCUT2D eigenvalue weighted by Crippen LogP contribution is -2.14. The molecule has 3 aromatic rings. The fourth-order valence-corrected chi connectivity index (χ4v) is 4.84. The number of esters is 1. The highest BCUT2D eigenvalue weighted by atomic mass is 32.2. The van der Waals surface area contributed by atoms with Gasteiger partial charge in [0, 0.05) is 10.5 Å². The first-order valence-electron chi connectivity index (χ1n) is 11.2. The Labute approximate surface area is 209 Å². The molecule has 35 heavy (non-hydrogen) atoms. The molecule has 5 nitrogen and oxygen atoms in total. The monoisotopic (exact) mass is 480 g/mol. The van der Waals surface area contributed by atoms with Crippen LogP contribution in [0.15, 0.2) is 101 Å². The van der Waals surface area contributed by atoms with Crippen molar-refractivity contribution in [2.75, 3.05) is 0 Å². The van der Waals surface area contributed by atoms with Crippen LogP contribution in [0.1, 0.15) is 25.5 Å². The molecule has 0 radical (unpaired) electrons. The van der Waals surface area contributed by atoms with Crippen molar-refractivity contribution in [3.63, 3.8) is 0 Å². The third kappa shape index (κ3) is 5.74.